The second-order valence-electron chi connectivity index (χ2n) is 6.44. The molecular weight excluding hydrogens is 254 g/mol. The van der Waals surface area contributed by atoms with Crippen molar-refractivity contribution in [2.75, 3.05) is 0 Å². The second-order valence-corrected chi connectivity index (χ2v) is 6.44. The van der Waals surface area contributed by atoms with Crippen LogP contribution in [-0.2, 0) is 9.53 Å². The number of amides is 1. The Morgan fingerprint density at radius 3 is 2.55 bits per heavy atom. The van der Waals surface area contributed by atoms with Gasteiger partial charge in [-0.25, -0.2) is 4.79 Å². The predicted octanol–water partition coefficient (Wildman–Crippen LogP) is 3.38. The summed E-state index contributed by atoms with van der Waals surface area (Å²) in [6.07, 6.45) is 0.825. The van der Waals surface area contributed by atoms with E-state index in [4.69, 9.17) is 4.74 Å². The van der Waals surface area contributed by atoms with Crippen LogP contribution in [0.5, 0.6) is 0 Å². The summed E-state index contributed by atoms with van der Waals surface area (Å²) < 4.78 is 5.47. The van der Waals surface area contributed by atoms with E-state index in [1.165, 1.54) is 0 Å². The number of piperidine rings is 1. The lowest BCUT2D eigenvalue weighted by Crippen LogP contribution is -2.43. The van der Waals surface area contributed by atoms with Gasteiger partial charge in [0.25, 0.3) is 0 Å². The maximum absolute atomic E-state index is 12.4. The minimum atomic E-state index is -0.552. The molecule has 1 aromatic carbocycles. The normalized spacial score (nSPS) is 24.6. The van der Waals surface area contributed by atoms with Crippen LogP contribution in [0.2, 0.25) is 0 Å². The van der Waals surface area contributed by atoms with Gasteiger partial charge in [0.2, 0.25) is 0 Å². The zero-order valence-electron chi connectivity index (χ0n) is 12.1. The van der Waals surface area contributed by atoms with Crippen LogP contribution < -0.4 is 0 Å². The number of ether oxygens (including phenoxy) is 1. The highest BCUT2D eigenvalue weighted by molar-refractivity contribution is 5.92. The van der Waals surface area contributed by atoms with E-state index >= 15 is 0 Å². The summed E-state index contributed by atoms with van der Waals surface area (Å²) in [7, 11) is 0. The Morgan fingerprint density at radius 2 is 1.90 bits per heavy atom. The largest absolute Gasteiger partial charge is 0.444 e. The molecule has 1 aromatic rings. The average molecular weight is 273 g/mol. The number of nitrogens with zero attached hydrogens (tertiary/aromatic N) is 1. The number of Topliss-reactive ketones (excluding diaryl/α,β-unsaturated/α-hetero) is 1. The molecule has 2 aliphatic rings. The van der Waals surface area contributed by atoms with E-state index in [2.05, 4.69) is 0 Å². The second kappa shape index (κ2) is 4.33. The van der Waals surface area contributed by atoms with E-state index in [-0.39, 0.29) is 11.8 Å². The van der Waals surface area contributed by atoms with Gasteiger partial charge >= 0.3 is 6.09 Å². The van der Waals surface area contributed by atoms with E-state index in [0.717, 1.165) is 11.1 Å². The highest BCUT2D eigenvalue weighted by atomic mass is 16.6. The topological polar surface area (TPSA) is 46.6 Å². The standard InChI is InChI=1S/C16H19NO3/c1-16(2,3)20-15(19)17-12-8-9-13(18)14(17)11-7-5-4-6-10(11)12/h4-7,12,14H,8-9H2,1-3H3. The lowest BCUT2D eigenvalue weighted by Gasteiger charge is -2.35. The van der Waals surface area contributed by atoms with E-state index < -0.39 is 17.7 Å². The van der Waals surface area contributed by atoms with Gasteiger partial charge in [-0.15, -0.1) is 0 Å². The molecule has 2 heterocycles. The Hall–Kier alpha value is -1.84. The molecule has 0 saturated carbocycles. The van der Waals surface area contributed by atoms with Crippen LogP contribution in [0.1, 0.15) is 56.8 Å². The predicted molar refractivity (Wildman–Crippen MR) is 74.2 cm³/mol. The molecule has 0 aliphatic carbocycles. The Morgan fingerprint density at radius 1 is 1.25 bits per heavy atom. The first-order valence-electron chi connectivity index (χ1n) is 7.01. The molecule has 3 rings (SSSR count). The summed E-state index contributed by atoms with van der Waals surface area (Å²) in [5.74, 6) is 0.108. The molecule has 2 aliphatic heterocycles. The van der Waals surface area contributed by atoms with Gasteiger partial charge < -0.3 is 4.74 Å². The molecule has 0 aromatic heterocycles. The van der Waals surface area contributed by atoms with E-state index in [1.807, 2.05) is 45.0 Å². The summed E-state index contributed by atoms with van der Waals surface area (Å²) in [5.41, 5.74) is 1.50. The molecule has 0 radical (unpaired) electrons. The van der Waals surface area contributed by atoms with Crippen molar-refractivity contribution >= 4 is 11.9 Å². The fraction of sp³-hybridized carbons (Fsp3) is 0.500. The Kier molecular flexibility index (Phi) is 2.85. The van der Waals surface area contributed by atoms with Crippen molar-refractivity contribution in [3.8, 4) is 0 Å². The van der Waals surface area contributed by atoms with Crippen LogP contribution in [0, 0.1) is 0 Å². The molecule has 0 spiro atoms. The smallest absolute Gasteiger partial charge is 0.411 e. The van der Waals surface area contributed by atoms with Crippen LogP contribution in [0.25, 0.3) is 0 Å². The van der Waals surface area contributed by atoms with E-state index in [1.54, 1.807) is 4.90 Å². The van der Waals surface area contributed by atoms with Crippen molar-refractivity contribution in [1.29, 1.82) is 0 Å². The number of hydrogen-bond acceptors (Lipinski definition) is 3. The highest BCUT2D eigenvalue weighted by Crippen LogP contribution is 2.49. The monoisotopic (exact) mass is 273 g/mol. The maximum Gasteiger partial charge on any atom is 0.411 e. The van der Waals surface area contributed by atoms with Crippen LogP contribution in [0.15, 0.2) is 24.3 Å². The Labute approximate surface area is 118 Å². The summed E-state index contributed by atoms with van der Waals surface area (Å²) in [4.78, 5) is 26.3. The molecule has 1 fully saturated rings. The molecule has 4 nitrogen and oxygen atoms in total. The highest BCUT2D eigenvalue weighted by Gasteiger charge is 2.49. The first-order valence-corrected chi connectivity index (χ1v) is 7.01. The lowest BCUT2D eigenvalue weighted by molar-refractivity contribution is -0.128. The van der Waals surface area contributed by atoms with Crippen LogP contribution in [-0.4, -0.2) is 22.4 Å². The molecule has 2 atom stereocenters. The number of benzene rings is 1. The minimum Gasteiger partial charge on any atom is -0.444 e. The summed E-state index contributed by atoms with van der Waals surface area (Å²) in [5, 5.41) is 0. The van der Waals surface area contributed by atoms with Gasteiger partial charge in [-0.3, -0.25) is 9.69 Å². The minimum absolute atomic E-state index is 0.0243. The fourth-order valence-electron chi connectivity index (χ4n) is 3.13. The Balaban J connectivity index is 1.98. The maximum atomic E-state index is 12.4. The average Bonchev–Trinajstić information content (AvgIpc) is 2.62. The van der Waals surface area contributed by atoms with Gasteiger partial charge in [0.15, 0.2) is 5.78 Å². The molecule has 1 amide bonds. The molecule has 20 heavy (non-hydrogen) atoms. The van der Waals surface area contributed by atoms with Crippen LogP contribution >= 0.6 is 0 Å². The van der Waals surface area contributed by atoms with Gasteiger partial charge in [0, 0.05) is 6.42 Å². The molecule has 4 heteroatoms. The number of hydrogen-bond donors (Lipinski definition) is 0. The van der Waals surface area contributed by atoms with Crippen LogP contribution in [0.3, 0.4) is 0 Å². The third-order valence-corrected chi connectivity index (χ3v) is 3.84. The van der Waals surface area contributed by atoms with Gasteiger partial charge in [0.05, 0.1) is 6.04 Å². The third-order valence-electron chi connectivity index (χ3n) is 3.84. The van der Waals surface area contributed by atoms with Crippen molar-refractivity contribution < 1.29 is 14.3 Å². The van der Waals surface area contributed by atoms with Crippen molar-refractivity contribution in [2.45, 2.75) is 51.3 Å². The van der Waals surface area contributed by atoms with Gasteiger partial charge in [-0.2, -0.15) is 0 Å². The molecule has 1 saturated heterocycles. The van der Waals surface area contributed by atoms with Gasteiger partial charge in [-0.05, 0) is 38.3 Å². The zero-order valence-corrected chi connectivity index (χ0v) is 12.1. The molecule has 2 bridgehead atoms. The SMILES string of the molecule is CC(C)(C)OC(=O)N1C2CCC(=O)C1c1ccccc12. The quantitative estimate of drug-likeness (QED) is 0.728. The van der Waals surface area contributed by atoms with Crippen molar-refractivity contribution in [3.05, 3.63) is 35.4 Å². The summed E-state index contributed by atoms with van der Waals surface area (Å²) in [6.45, 7) is 5.52. The Bertz CT molecular complexity index is 573. The molecular formula is C16H19NO3. The number of ketones is 1. The lowest BCUT2D eigenvalue weighted by atomic mass is 10.00. The molecule has 106 valence electrons. The summed E-state index contributed by atoms with van der Waals surface area (Å²) >= 11 is 0. The van der Waals surface area contributed by atoms with Crippen molar-refractivity contribution in [1.82, 2.24) is 4.90 Å². The van der Waals surface area contributed by atoms with E-state index in [9.17, 15) is 9.59 Å². The molecule has 0 N–H and O–H groups in total. The number of carbonyl (C=O) groups is 2. The number of carbonyl (C=O) groups excluding carboxylic acids is 2. The van der Waals surface area contributed by atoms with E-state index in [0.29, 0.717) is 12.8 Å². The first kappa shape index (κ1) is 13.2. The molecule has 2 unspecified atom stereocenters. The first-order chi connectivity index (χ1) is 9.38. The fourth-order valence-corrected chi connectivity index (χ4v) is 3.13. The van der Waals surface area contributed by atoms with Crippen molar-refractivity contribution in [2.24, 2.45) is 0 Å². The van der Waals surface area contributed by atoms with Crippen molar-refractivity contribution in [3.63, 3.8) is 0 Å². The third kappa shape index (κ3) is 1.99. The number of fused-ring (bicyclic) bond motifs is 5. The summed E-state index contributed by atoms with van der Waals surface area (Å²) in [6, 6.07) is 7.34. The van der Waals surface area contributed by atoms with Gasteiger partial charge in [0.1, 0.15) is 11.6 Å². The number of rotatable bonds is 0. The van der Waals surface area contributed by atoms with Crippen LogP contribution in [0.4, 0.5) is 4.79 Å². The zero-order chi connectivity index (χ0) is 14.5. The van der Waals surface area contributed by atoms with Gasteiger partial charge in [-0.1, -0.05) is 24.3 Å².